The molecule has 0 aromatic heterocycles. The molecule has 1 aliphatic rings. The van der Waals surface area contributed by atoms with Crippen LogP contribution >= 0.6 is 0 Å². The molecule has 2 atom stereocenters. The number of benzene rings is 1. The molecule has 1 fully saturated rings. The Morgan fingerprint density at radius 3 is 2.58 bits per heavy atom. The van der Waals surface area contributed by atoms with Crippen molar-refractivity contribution < 1.29 is 9.90 Å². The van der Waals surface area contributed by atoms with E-state index in [4.69, 9.17) is 0 Å². The maximum atomic E-state index is 11.7. The van der Waals surface area contributed by atoms with E-state index in [-0.39, 0.29) is 0 Å². The molecule has 3 heteroatoms. The summed E-state index contributed by atoms with van der Waals surface area (Å²) in [5, 5.41) is 12.9. The summed E-state index contributed by atoms with van der Waals surface area (Å²) in [5.41, 5.74) is 1.30. The first-order valence-electron chi connectivity index (χ1n) is 7.10. The molecule has 3 nitrogen and oxygen atoms in total. The fourth-order valence-electron chi connectivity index (χ4n) is 2.82. The monoisotopic (exact) mass is 261 g/mol. The number of aliphatic carboxylic acids is 1. The molecule has 0 bridgehead atoms. The van der Waals surface area contributed by atoms with Crippen molar-refractivity contribution in [2.75, 3.05) is 5.32 Å². The van der Waals surface area contributed by atoms with Gasteiger partial charge in [-0.3, -0.25) is 0 Å². The first kappa shape index (κ1) is 13.9. The van der Waals surface area contributed by atoms with Gasteiger partial charge in [0.15, 0.2) is 0 Å². The van der Waals surface area contributed by atoms with Gasteiger partial charge in [-0.1, -0.05) is 37.5 Å². The number of rotatable bonds is 3. The van der Waals surface area contributed by atoms with Crippen LogP contribution in [0.5, 0.6) is 0 Å². The Bertz CT molecular complexity index is 441. The Labute approximate surface area is 115 Å². The largest absolute Gasteiger partial charge is 0.480 e. The molecule has 0 aliphatic heterocycles. The Balaban J connectivity index is 2.19. The number of anilines is 1. The van der Waals surface area contributed by atoms with Gasteiger partial charge in [0, 0.05) is 5.69 Å². The van der Waals surface area contributed by atoms with Crippen LogP contribution in [0.25, 0.3) is 0 Å². The quantitative estimate of drug-likeness (QED) is 0.813. The molecule has 1 aromatic rings. The second-order valence-corrected chi connectivity index (χ2v) is 5.91. The van der Waals surface area contributed by atoms with Crippen molar-refractivity contribution in [3.8, 4) is 0 Å². The summed E-state index contributed by atoms with van der Waals surface area (Å²) in [4.78, 5) is 11.7. The predicted molar refractivity (Wildman–Crippen MR) is 77.4 cm³/mol. The molecule has 2 rings (SSSR count). The lowest BCUT2D eigenvalue weighted by atomic mass is 9.89. The lowest BCUT2D eigenvalue weighted by Crippen LogP contribution is -2.46. The third-order valence-electron chi connectivity index (χ3n) is 4.21. The van der Waals surface area contributed by atoms with Crippen LogP contribution in [0.15, 0.2) is 24.3 Å². The number of nitrogens with one attached hydrogen (secondary N) is 1. The van der Waals surface area contributed by atoms with Crippen molar-refractivity contribution in [2.24, 2.45) is 5.92 Å². The number of carboxylic acid groups (broad SMARTS) is 1. The normalized spacial score (nSPS) is 27.6. The average molecular weight is 261 g/mol. The minimum Gasteiger partial charge on any atom is -0.480 e. The highest BCUT2D eigenvalue weighted by atomic mass is 16.4. The van der Waals surface area contributed by atoms with E-state index in [0.717, 1.165) is 24.9 Å². The van der Waals surface area contributed by atoms with E-state index in [1.165, 1.54) is 5.56 Å². The van der Waals surface area contributed by atoms with Gasteiger partial charge >= 0.3 is 5.97 Å². The highest BCUT2D eigenvalue weighted by molar-refractivity contribution is 5.82. The highest BCUT2D eigenvalue weighted by Gasteiger charge is 2.39. The zero-order valence-corrected chi connectivity index (χ0v) is 11.8. The Kier molecular flexibility index (Phi) is 4.13. The standard InChI is InChI=1S/C16H23NO2/c1-12-4-3-10-16(11-9-12,15(18)19)17-14-7-5-13(2)6-8-14/h5-8,12,17H,3-4,9-11H2,1-2H3,(H,18,19). The topological polar surface area (TPSA) is 49.3 Å². The van der Waals surface area contributed by atoms with Crippen LogP contribution < -0.4 is 5.32 Å². The number of carbonyl (C=O) groups is 1. The first-order chi connectivity index (χ1) is 9.02. The molecule has 0 heterocycles. The summed E-state index contributed by atoms with van der Waals surface area (Å²) in [7, 11) is 0. The Morgan fingerprint density at radius 2 is 1.95 bits per heavy atom. The summed E-state index contributed by atoms with van der Waals surface area (Å²) in [6.07, 6.45) is 4.50. The molecule has 1 aliphatic carbocycles. The van der Waals surface area contributed by atoms with Gasteiger partial charge in [-0.05, 0) is 44.2 Å². The van der Waals surface area contributed by atoms with E-state index < -0.39 is 11.5 Å². The molecule has 19 heavy (non-hydrogen) atoms. The molecule has 1 saturated carbocycles. The first-order valence-corrected chi connectivity index (χ1v) is 7.10. The van der Waals surface area contributed by atoms with E-state index in [1.807, 2.05) is 31.2 Å². The van der Waals surface area contributed by atoms with Crippen LogP contribution in [0.3, 0.4) is 0 Å². The van der Waals surface area contributed by atoms with Gasteiger partial charge in [-0.25, -0.2) is 4.79 Å². The number of hydrogen-bond donors (Lipinski definition) is 2. The van der Waals surface area contributed by atoms with Crippen molar-refractivity contribution in [3.05, 3.63) is 29.8 Å². The average Bonchev–Trinajstić information content (AvgIpc) is 2.56. The smallest absolute Gasteiger partial charge is 0.329 e. The summed E-state index contributed by atoms with van der Waals surface area (Å²) < 4.78 is 0. The fraction of sp³-hybridized carbons (Fsp3) is 0.562. The van der Waals surface area contributed by atoms with Crippen LogP contribution in [-0.2, 0) is 4.79 Å². The highest BCUT2D eigenvalue weighted by Crippen LogP contribution is 2.33. The van der Waals surface area contributed by atoms with Crippen molar-refractivity contribution in [1.82, 2.24) is 0 Å². The van der Waals surface area contributed by atoms with Gasteiger partial charge < -0.3 is 10.4 Å². The second-order valence-electron chi connectivity index (χ2n) is 5.91. The lowest BCUT2D eigenvalue weighted by molar-refractivity contribution is -0.142. The third-order valence-corrected chi connectivity index (χ3v) is 4.21. The number of carboxylic acids is 1. The minimum absolute atomic E-state index is 0.626. The summed E-state index contributed by atoms with van der Waals surface area (Å²) >= 11 is 0. The van der Waals surface area contributed by atoms with Crippen molar-refractivity contribution in [2.45, 2.75) is 51.5 Å². The fourth-order valence-corrected chi connectivity index (χ4v) is 2.82. The van der Waals surface area contributed by atoms with E-state index >= 15 is 0 Å². The zero-order chi connectivity index (χ0) is 13.9. The summed E-state index contributed by atoms with van der Waals surface area (Å²) in [5.74, 6) is -0.0942. The second kappa shape index (κ2) is 5.64. The predicted octanol–water partition coefficient (Wildman–Crippen LogP) is 3.83. The van der Waals surface area contributed by atoms with Crippen LogP contribution in [0.2, 0.25) is 0 Å². The number of hydrogen-bond acceptors (Lipinski definition) is 2. The van der Waals surface area contributed by atoms with E-state index in [0.29, 0.717) is 18.8 Å². The Morgan fingerprint density at radius 1 is 1.26 bits per heavy atom. The molecule has 0 amide bonds. The van der Waals surface area contributed by atoms with Gasteiger partial charge in [0.2, 0.25) is 0 Å². The van der Waals surface area contributed by atoms with Crippen molar-refractivity contribution in [1.29, 1.82) is 0 Å². The maximum absolute atomic E-state index is 11.7. The van der Waals surface area contributed by atoms with Gasteiger partial charge in [0.25, 0.3) is 0 Å². The van der Waals surface area contributed by atoms with E-state index in [9.17, 15) is 9.90 Å². The van der Waals surface area contributed by atoms with E-state index in [1.54, 1.807) is 0 Å². The van der Waals surface area contributed by atoms with Crippen molar-refractivity contribution in [3.63, 3.8) is 0 Å². The third kappa shape index (κ3) is 3.28. The molecule has 104 valence electrons. The van der Waals surface area contributed by atoms with Crippen LogP contribution in [-0.4, -0.2) is 16.6 Å². The molecule has 0 spiro atoms. The molecule has 2 N–H and O–H groups in total. The van der Waals surface area contributed by atoms with Crippen molar-refractivity contribution >= 4 is 11.7 Å². The zero-order valence-electron chi connectivity index (χ0n) is 11.8. The molecule has 0 saturated heterocycles. The van der Waals surface area contributed by atoms with Gasteiger partial charge in [-0.15, -0.1) is 0 Å². The summed E-state index contributed by atoms with van der Waals surface area (Å²) in [6, 6.07) is 7.96. The van der Waals surface area contributed by atoms with E-state index in [2.05, 4.69) is 12.2 Å². The molecule has 2 unspecified atom stereocenters. The Hall–Kier alpha value is -1.51. The maximum Gasteiger partial charge on any atom is 0.329 e. The molecule has 0 radical (unpaired) electrons. The minimum atomic E-state index is -0.792. The molecular weight excluding hydrogens is 238 g/mol. The van der Waals surface area contributed by atoms with Crippen LogP contribution in [0.4, 0.5) is 5.69 Å². The SMILES string of the molecule is Cc1ccc(NC2(C(=O)O)CCCC(C)CC2)cc1. The van der Waals surface area contributed by atoms with Crippen LogP contribution in [0, 0.1) is 12.8 Å². The molecule has 1 aromatic carbocycles. The van der Waals surface area contributed by atoms with Crippen LogP contribution in [0.1, 0.15) is 44.6 Å². The van der Waals surface area contributed by atoms with Gasteiger partial charge in [-0.2, -0.15) is 0 Å². The number of aryl methyl sites for hydroxylation is 1. The van der Waals surface area contributed by atoms with Gasteiger partial charge in [0.1, 0.15) is 5.54 Å². The van der Waals surface area contributed by atoms with Gasteiger partial charge in [0.05, 0.1) is 0 Å². The lowest BCUT2D eigenvalue weighted by Gasteiger charge is -2.30. The summed E-state index contributed by atoms with van der Waals surface area (Å²) in [6.45, 7) is 4.24. The molecular formula is C16H23NO2.